The lowest BCUT2D eigenvalue weighted by molar-refractivity contribution is 0.203. The second-order valence-corrected chi connectivity index (χ2v) is 6.98. The molecule has 0 amide bonds. The first-order valence-corrected chi connectivity index (χ1v) is 9.01. The molecule has 1 N–H and O–H groups in total. The minimum Gasteiger partial charge on any atom is -0.290 e. The van der Waals surface area contributed by atoms with Gasteiger partial charge in [0, 0.05) is 31.2 Å². The molecule has 0 bridgehead atoms. The number of nitrogens with one attached hydrogen (secondary N) is 1. The number of benzene rings is 1. The molecule has 4 heterocycles. The third-order valence-electron chi connectivity index (χ3n) is 5.11. The van der Waals surface area contributed by atoms with Crippen LogP contribution in [0.25, 0.3) is 22.3 Å². The van der Waals surface area contributed by atoms with Gasteiger partial charge >= 0.3 is 0 Å². The van der Waals surface area contributed by atoms with E-state index in [1.807, 2.05) is 6.07 Å². The largest absolute Gasteiger partial charge is 0.290 e. The number of pyridine rings is 1. The van der Waals surface area contributed by atoms with Crippen molar-refractivity contribution < 1.29 is 4.39 Å². The van der Waals surface area contributed by atoms with Gasteiger partial charge in [0.15, 0.2) is 0 Å². The molecule has 1 aliphatic rings. The zero-order chi connectivity index (χ0) is 18.4. The van der Waals surface area contributed by atoms with E-state index in [2.05, 4.69) is 43.8 Å². The maximum atomic E-state index is 13.6. The van der Waals surface area contributed by atoms with Crippen LogP contribution in [-0.4, -0.2) is 36.4 Å². The van der Waals surface area contributed by atoms with E-state index >= 15 is 0 Å². The van der Waals surface area contributed by atoms with Gasteiger partial charge in [-0.3, -0.25) is 19.7 Å². The Balaban J connectivity index is 1.39. The Hall–Kier alpha value is -3.06. The number of fused-ring (bicyclic) bond motifs is 2. The fraction of sp³-hybridized carbons (Fsp3) is 0.250. The summed E-state index contributed by atoms with van der Waals surface area (Å²) in [6.45, 7) is 5.20. The normalized spacial score (nSPS) is 14.6. The smallest absolute Gasteiger partial charge is 0.124 e. The molecule has 4 aromatic rings. The van der Waals surface area contributed by atoms with E-state index in [0.29, 0.717) is 6.54 Å². The van der Waals surface area contributed by atoms with E-state index < -0.39 is 0 Å². The molecule has 0 saturated carbocycles. The van der Waals surface area contributed by atoms with Crippen molar-refractivity contribution in [3.8, 4) is 11.4 Å². The van der Waals surface area contributed by atoms with Gasteiger partial charge in [0.05, 0.1) is 29.1 Å². The average molecular weight is 362 g/mol. The van der Waals surface area contributed by atoms with Crippen LogP contribution in [0.3, 0.4) is 0 Å². The molecule has 7 heteroatoms. The molecule has 0 aliphatic carbocycles. The lowest BCUT2D eigenvalue weighted by Crippen LogP contribution is -2.33. The molecule has 0 atom stereocenters. The van der Waals surface area contributed by atoms with Gasteiger partial charge in [0.25, 0.3) is 0 Å². The van der Waals surface area contributed by atoms with Gasteiger partial charge in [0.1, 0.15) is 11.5 Å². The Morgan fingerprint density at radius 3 is 3.00 bits per heavy atom. The number of aromatic amines is 1. The van der Waals surface area contributed by atoms with Gasteiger partial charge in [-0.15, -0.1) is 0 Å². The average Bonchev–Trinajstić information content (AvgIpc) is 3.26. The number of aromatic nitrogens is 5. The maximum Gasteiger partial charge on any atom is 0.124 e. The molecule has 3 aromatic heterocycles. The van der Waals surface area contributed by atoms with Crippen molar-refractivity contribution in [3.63, 3.8) is 0 Å². The van der Waals surface area contributed by atoms with Crippen molar-refractivity contribution in [1.29, 1.82) is 0 Å². The molecule has 136 valence electrons. The fourth-order valence-electron chi connectivity index (χ4n) is 3.70. The first-order valence-electron chi connectivity index (χ1n) is 9.01. The van der Waals surface area contributed by atoms with E-state index in [9.17, 15) is 4.39 Å². The first-order chi connectivity index (χ1) is 13.2. The van der Waals surface area contributed by atoms with Crippen LogP contribution >= 0.6 is 0 Å². The number of H-pyrrole nitrogens is 1. The van der Waals surface area contributed by atoms with Gasteiger partial charge < -0.3 is 0 Å². The second-order valence-electron chi connectivity index (χ2n) is 6.98. The summed E-state index contributed by atoms with van der Waals surface area (Å²) < 4.78 is 15.7. The lowest BCUT2D eigenvalue weighted by Gasteiger charge is -2.26. The van der Waals surface area contributed by atoms with Crippen LogP contribution in [0, 0.1) is 12.7 Å². The Bertz CT molecular complexity index is 1130. The number of hydrogen-bond acceptors (Lipinski definition) is 4. The van der Waals surface area contributed by atoms with E-state index in [-0.39, 0.29) is 5.82 Å². The van der Waals surface area contributed by atoms with Gasteiger partial charge in [-0.2, -0.15) is 10.2 Å². The van der Waals surface area contributed by atoms with Gasteiger partial charge in [0.2, 0.25) is 0 Å². The summed E-state index contributed by atoms with van der Waals surface area (Å²) in [5, 5.41) is 12.9. The lowest BCUT2D eigenvalue weighted by atomic mass is 10.1. The summed E-state index contributed by atoms with van der Waals surface area (Å²) in [6, 6.07) is 10.8. The van der Waals surface area contributed by atoms with Gasteiger partial charge in [-0.1, -0.05) is 6.07 Å². The molecular weight excluding hydrogens is 343 g/mol. The first kappa shape index (κ1) is 16.1. The van der Waals surface area contributed by atoms with Crippen LogP contribution in [0.5, 0.6) is 0 Å². The van der Waals surface area contributed by atoms with Crippen LogP contribution in [0.1, 0.15) is 17.0 Å². The summed E-state index contributed by atoms with van der Waals surface area (Å²) in [5.74, 6) is -0.239. The van der Waals surface area contributed by atoms with Crippen molar-refractivity contribution in [3.05, 3.63) is 65.4 Å². The van der Waals surface area contributed by atoms with Crippen LogP contribution in [-0.2, 0) is 19.6 Å². The Kier molecular flexibility index (Phi) is 3.75. The maximum absolute atomic E-state index is 13.6. The zero-order valence-electron chi connectivity index (χ0n) is 15.0. The molecule has 0 radical (unpaired) electrons. The molecule has 0 saturated heterocycles. The molecular formula is C20H19FN6. The molecule has 0 spiro atoms. The topological polar surface area (TPSA) is 62.6 Å². The van der Waals surface area contributed by atoms with E-state index in [0.717, 1.165) is 58.9 Å². The highest BCUT2D eigenvalue weighted by Crippen LogP contribution is 2.25. The van der Waals surface area contributed by atoms with Crippen LogP contribution in [0.4, 0.5) is 4.39 Å². The number of rotatable bonds is 3. The molecule has 5 rings (SSSR count). The van der Waals surface area contributed by atoms with Gasteiger partial charge in [-0.05, 0) is 42.8 Å². The van der Waals surface area contributed by atoms with Crippen molar-refractivity contribution >= 4 is 10.9 Å². The Morgan fingerprint density at radius 2 is 2.11 bits per heavy atom. The van der Waals surface area contributed by atoms with E-state index in [1.165, 1.54) is 6.07 Å². The van der Waals surface area contributed by atoms with E-state index in [1.54, 1.807) is 18.3 Å². The predicted molar refractivity (Wildman–Crippen MR) is 100 cm³/mol. The highest BCUT2D eigenvalue weighted by atomic mass is 19.1. The van der Waals surface area contributed by atoms with Crippen molar-refractivity contribution in [2.75, 3.05) is 6.54 Å². The second kappa shape index (κ2) is 6.28. The Morgan fingerprint density at radius 1 is 1.19 bits per heavy atom. The number of nitrogens with zero attached hydrogens (tertiary/aromatic N) is 5. The molecule has 6 nitrogen and oxygen atoms in total. The zero-order valence-corrected chi connectivity index (χ0v) is 15.0. The van der Waals surface area contributed by atoms with E-state index in [4.69, 9.17) is 5.10 Å². The minimum absolute atomic E-state index is 0.239. The van der Waals surface area contributed by atoms with Crippen LogP contribution < -0.4 is 0 Å². The third kappa shape index (κ3) is 2.90. The molecule has 0 fully saturated rings. The van der Waals surface area contributed by atoms with Gasteiger partial charge in [-0.25, -0.2) is 4.39 Å². The highest BCUT2D eigenvalue weighted by Gasteiger charge is 2.21. The van der Waals surface area contributed by atoms with Crippen molar-refractivity contribution in [2.45, 2.75) is 26.6 Å². The standard InChI is InChI=1S/C20H19FN6/c1-13-3-2-6-22-20(13)18-10-15-11-26(7-8-27(15)25-18)12-19-16-9-14(21)4-5-17(16)23-24-19/h2-6,9-10H,7-8,11-12H2,1H3,(H,23,24). The highest BCUT2D eigenvalue weighted by molar-refractivity contribution is 5.81. The summed E-state index contributed by atoms with van der Waals surface area (Å²) in [6.07, 6.45) is 1.80. The number of halogens is 1. The van der Waals surface area contributed by atoms with Crippen molar-refractivity contribution in [1.82, 2.24) is 29.9 Å². The van der Waals surface area contributed by atoms with Crippen molar-refractivity contribution in [2.24, 2.45) is 0 Å². The fourth-order valence-corrected chi connectivity index (χ4v) is 3.70. The summed E-state index contributed by atoms with van der Waals surface area (Å²) in [7, 11) is 0. The van der Waals surface area contributed by atoms with Crippen LogP contribution in [0.2, 0.25) is 0 Å². The summed E-state index contributed by atoms with van der Waals surface area (Å²) in [5.41, 5.74) is 5.86. The molecule has 1 aromatic carbocycles. The number of hydrogen-bond donors (Lipinski definition) is 1. The third-order valence-corrected chi connectivity index (χ3v) is 5.11. The Labute approximate surface area is 155 Å². The monoisotopic (exact) mass is 362 g/mol. The molecule has 27 heavy (non-hydrogen) atoms. The minimum atomic E-state index is -0.239. The SMILES string of the molecule is Cc1cccnc1-c1cc2n(n1)CCN(Cc1n[nH]c3ccc(F)cc13)C2. The molecule has 1 aliphatic heterocycles. The predicted octanol–water partition coefficient (Wildman–Crippen LogP) is 3.28. The summed E-state index contributed by atoms with van der Waals surface area (Å²) in [4.78, 5) is 6.79. The number of aryl methyl sites for hydroxylation is 1. The van der Waals surface area contributed by atoms with Crippen LogP contribution in [0.15, 0.2) is 42.6 Å². The summed E-state index contributed by atoms with van der Waals surface area (Å²) >= 11 is 0. The molecule has 0 unspecified atom stereocenters. The quantitative estimate of drug-likeness (QED) is 0.607.